The molecule has 0 unspecified atom stereocenters. The predicted molar refractivity (Wildman–Crippen MR) is 248 cm³/mol. The van der Waals surface area contributed by atoms with Crippen LogP contribution in [-0.4, -0.2) is 36.9 Å². The number of benzene rings is 4. The summed E-state index contributed by atoms with van der Waals surface area (Å²) in [5.41, 5.74) is 10.1. The van der Waals surface area contributed by atoms with E-state index in [-0.39, 0.29) is 7.92 Å². The van der Waals surface area contributed by atoms with Crippen molar-refractivity contribution in [2.45, 2.75) is 165 Å². The third-order valence-electron chi connectivity index (χ3n) is 14.1. The van der Waals surface area contributed by atoms with E-state index in [1.165, 1.54) is 125 Å². The van der Waals surface area contributed by atoms with E-state index in [0.29, 0.717) is 11.3 Å². The zero-order valence-corrected chi connectivity index (χ0v) is 37.4. The van der Waals surface area contributed by atoms with E-state index in [1.54, 1.807) is 12.4 Å². The van der Waals surface area contributed by atoms with E-state index in [2.05, 4.69) is 86.6 Å². The van der Waals surface area contributed by atoms with Crippen LogP contribution >= 0.6 is 15.1 Å². The highest BCUT2D eigenvalue weighted by molar-refractivity contribution is 7.73. The Bertz CT molecular complexity index is 1890. The summed E-state index contributed by atoms with van der Waals surface area (Å²) in [7, 11) is 0.897. The molecule has 4 fully saturated rings. The van der Waals surface area contributed by atoms with Gasteiger partial charge in [-0.15, -0.1) is 0 Å². The second-order valence-electron chi connectivity index (χ2n) is 17.6. The number of methoxy groups -OCH3 is 2. The van der Waals surface area contributed by atoms with E-state index in [9.17, 15) is 0 Å². The molecule has 0 spiro atoms. The maximum Gasteiger partial charge on any atom is 0.126 e. The maximum absolute atomic E-state index is 15.2. The first-order chi connectivity index (χ1) is 28.0. The van der Waals surface area contributed by atoms with Gasteiger partial charge >= 0.3 is 0 Å². The summed E-state index contributed by atoms with van der Waals surface area (Å²) in [5, 5.41) is 2.79. The van der Waals surface area contributed by atoms with E-state index < -0.39 is 7.14 Å². The fraction of sp³-hybridized carbons (Fsp3) is 0.538. The Labute approximate surface area is 347 Å². The molecule has 0 N–H and O–H groups in total. The Morgan fingerprint density at radius 2 is 0.877 bits per heavy atom. The lowest BCUT2D eigenvalue weighted by Gasteiger charge is -2.39. The second kappa shape index (κ2) is 20.4. The van der Waals surface area contributed by atoms with Crippen LogP contribution < -0.4 is 20.1 Å². The molecule has 0 aliphatic heterocycles. The van der Waals surface area contributed by atoms with E-state index >= 15 is 4.57 Å². The molecule has 5 heteroatoms. The Balaban J connectivity index is 0.000000174. The van der Waals surface area contributed by atoms with Crippen LogP contribution in [0, 0.1) is 13.8 Å². The summed E-state index contributed by atoms with van der Waals surface area (Å²) in [6, 6.07) is 30.6. The predicted octanol–water partition coefficient (Wildman–Crippen LogP) is 14.8. The molecule has 306 valence electrons. The minimum Gasteiger partial charge on any atom is -0.496 e. The highest BCUT2D eigenvalue weighted by Gasteiger charge is 2.44. The van der Waals surface area contributed by atoms with Crippen LogP contribution in [0.1, 0.15) is 140 Å². The van der Waals surface area contributed by atoms with Gasteiger partial charge in [0.25, 0.3) is 0 Å². The topological polar surface area (TPSA) is 35.5 Å². The van der Waals surface area contributed by atoms with Gasteiger partial charge in [0.1, 0.15) is 18.6 Å². The van der Waals surface area contributed by atoms with Gasteiger partial charge in [-0.2, -0.15) is 0 Å². The van der Waals surface area contributed by atoms with Crippen LogP contribution in [0.2, 0.25) is 0 Å². The standard InChI is InChI=1S/C26H35O2P.C26H35OP/c1-20-12-11-18-24(28-2)26(20)23-17-9-10-19-25(23)29(27,21-13-5-3-6-14-21)22-15-7-4-8-16-22;1-20-12-11-18-24(27-2)26(20)23-17-9-10-19-25(23)28(21-13-5-3-6-14-21)22-15-7-4-8-16-22/h9-12,17-19,21-22H,3-8,13-16H2,1-2H3;9-12,17-19,21-22H,3-8,13-16H2,1-2H3. The lowest BCUT2D eigenvalue weighted by atomic mass is 9.99. The van der Waals surface area contributed by atoms with Gasteiger partial charge in [-0.25, -0.2) is 0 Å². The fourth-order valence-corrected chi connectivity index (χ4v) is 19.7. The largest absolute Gasteiger partial charge is 0.496 e. The first-order valence-corrected chi connectivity index (χ1v) is 26.1. The lowest BCUT2D eigenvalue weighted by molar-refractivity contribution is 0.416. The van der Waals surface area contributed by atoms with Crippen molar-refractivity contribution in [1.29, 1.82) is 0 Å². The SMILES string of the molecule is COc1cccc(C)c1-c1ccccc1P(=O)(C1CCCCC1)C1CCCCC1.COc1cccc(C)c1-c1ccccc1P(C1CCCCC1)C1CCCCC1. The lowest BCUT2D eigenvalue weighted by Crippen LogP contribution is -2.30. The molecular formula is C52H70O3P2. The first-order valence-electron chi connectivity index (χ1n) is 22.8. The average Bonchev–Trinajstić information content (AvgIpc) is 3.28. The summed E-state index contributed by atoms with van der Waals surface area (Å²) in [6.45, 7) is 4.37. The highest BCUT2D eigenvalue weighted by atomic mass is 31.2. The van der Waals surface area contributed by atoms with Crippen molar-refractivity contribution in [2.24, 2.45) is 0 Å². The molecule has 4 aliphatic rings. The molecule has 4 aromatic rings. The highest BCUT2D eigenvalue weighted by Crippen LogP contribution is 2.63. The first kappa shape index (κ1) is 42.3. The zero-order chi connectivity index (χ0) is 39.6. The van der Waals surface area contributed by atoms with Gasteiger partial charge < -0.3 is 14.0 Å². The van der Waals surface area contributed by atoms with Crippen LogP contribution in [0.3, 0.4) is 0 Å². The van der Waals surface area contributed by atoms with Crippen molar-refractivity contribution in [2.75, 3.05) is 14.2 Å². The van der Waals surface area contributed by atoms with Gasteiger partial charge in [-0.05, 0) is 116 Å². The van der Waals surface area contributed by atoms with E-state index in [1.807, 2.05) is 19.2 Å². The van der Waals surface area contributed by atoms with Crippen LogP contribution in [0.25, 0.3) is 22.3 Å². The summed E-state index contributed by atoms with van der Waals surface area (Å²) < 4.78 is 26.8. The van der Waals surface area contributed by atoms with Gasteiger partial charge in [-0.1, -0.05) is 158 Å². The molecule has 4 aliphatic carbocycles. The van der Waals surface area contributed by atoms with Crippen molar-refractivity contribution in [3.05, 3.63) is 96.1 Å². The molecule has 3 nitrogen and oxygen atoms in total. The number of ether oxygens (including phenoxy) is 2. The molecule has 57 heavy (non-hydrogen) atoms. The van der Waals surface area contributed by atoms with Gasteiger partial charge in [0.15, 0.2) is 0 Å². The minimum atomic E-state index is -2.53. The molecular weight excluding hydrogens is 735 g/mol. The molecule has 4 saturated carbocycles. The Kier molecular flexibility index (Phi) is 15.1. The van der Waals surface area contributed by atoms with Crippen molar-refractivity contribution in [1.82, 2.24) is 0 Å². The summed E-state index contributed by atoms with van der Waals surface area (Å²) in [6.07, 6.45) is 26.5. The molecule has 4 aromatic carbocycles. The third-order valence-corrected chi connectivity index (χ3v) is 22.0. The molecule has 0 heterocycles. The molecule has 0 amide bonds. The van der Waals surface area contributed by atoms with Crippen LogP contribution in [0.15, 0.2) is 84.9 Å². The maximum atomic E-state index is 15.2. The number of hydrogen-bond acceptors (Lipinski definition) is 3. The number of rotatable bonds is 10. The summed E-state index contributed by atoms with van der Waals surface area (Å²) in [5.74, 6) is 1.91. The van der Waals surface area contributed by atoms with Gasteiger partial charge in [-0.3, -0.25) is 0 Å². The smallest absolute Gasteiger partial charge is 0.126 e. The molecule has 0 aromatic heterocycles. The van der Waals surface area contributed by atoms with Crippen molar-refractivity contribution < 1.29 is 14.0 Å². The molecule has 0 radical (unpaired) electrons. The summed E-state index contributed by atoms with van der Waals surface area (Å²) in [4.78, 5) is 0. The van der Waals surface area contributed by atoms with Crippen LogP contribution in [0.4, 0.5) is 0 Å². The Hall–Kier alpha value is -2.86. The van der Waals surface area contributed by atoms with Crippen LogP contribution in [-0.2, 0) is 4.57 Å². The number of aryl methyl sites for hydroxylation is 2. The third kappa shape index (κ3) is 9.47. The van der Waals surface area contributed by atoms with Crippen molar-refractivity contribution >= 4 is 25.7 Å². The zero-order valence-electron chi connectivity index (χ0n) is 35.7. The van der Waals surface area contributed by atoms with E-state index in [4.69, 9.17) is 9.47 Å². The molecule has 0 bridgehead atoms. The normalized spacial score (nSPS) is 19.2. The average molecular weight is 805 g/mol. The quantitative estimate of drug-likeness (QED) is 0.150. The van der Waals surface area contributed by atoms with Gasteiger partial charge in [0, 0.05) is 27.7 Å². The van der Waals surface area contributed by atoms with Crippen molar-refractivity contribution in [3.8, 4) is 33.8 Å². The molecule has 0 saturated heterocycles. The molecule has 0 atom stereocenters. The summed E-state index contributed by atoms with van der Waals surface area (Å²) >= 11 is 0. The minimum absolute atomic E-state index is 0.122. The van der Waals surface area contributed by atoms with Crippen molar-refractivity contribution in [3.63, 3.8) is 0 Å². The second-order valence-corrected chi connectivity index (χ2v) is 23.7. The van der Waals surface area contributed by atoms with Crippen LogP contribution in [0.5, 0.6) is 11.5 Å². The van der Waals surface area contributed by atoms with Gasteiger partial charge in [0.2, 0.25) is 0 Å². The Morgan fingerprint density at radius 3 is 1.35 bits per heavy atom. The fourth-order valence-electron chi connectivity index (χ4n) is 11.2. The van der Waals surface area contributed by atoms with Gasteiger partial charge in [0.05, 0.1) is 14.2 Å². The monoisotopic (exact) mass is 804 g/mol. The molecule has 8 rings (SSSR count). The Morgan fingerprint density at radius 1 is 0.474 bits per heavy atom. The number of hydrogen-bond donors (Lipinski definition) is 0. The van der Waals surface area contributed by atoms with E-state index in [0.717, 1.165) is 64.9 Å².